The Morgan fingerprint density at radius 2 is 2.00 bits per heavy atom. The number of nitrogens with one attached hydrogen (secondary N) is 1. The van der Waals surface area contributed by atoms with Crippen LogP contribution in [-0.4, -0.2) is 42.2 Å². The van der Waals surface area contributed by atoms with Crippen LogP contribution in [0.1, 0.15) is 26.7 Å². The molecule has 1 rings (SSSR count). The maximum Gasteiger partial charge on any atom is 0.232 e. The van der Waals surface area contributed by atoms with Crippen LogP contribution in [0.15, 0.2) is 0 Å². The maximum atomic E-state index is 11.3. The highest BCUT2D eigenvalue weighted by Crippen LogP contribution is 2.09. The van der Waals surface area contributed by atoms with Crippen LogP contribution in [0.2, 0.25) is 0 Å². The minimum atomic E-state index is -0.205. The van der Waals surface area contributed by atoms with Gasteiger partial charge >= 0.3 is 0 Å². The van der Waals surface area contributed by atoms with Crippen LogP contribution < -0.4 is 5.32 Å². The molecule has 2 atom stereocenters. The minimum Gasteiger partial charge on any atom is -0.355 e. The lowest BCUT2D eigenvalue weighted by molar-refractivity contribution is -0.120. The van der Waals surface area contributed by atoms with Gasteiger partial charge in [-0.1, -0.05) is 6.92 Å². The van der Waals surface area contributed by atoms with E-state index in [0.29, 0.717) is 5.92 Å². The number of likely N-dealkylation sites (tertiary alicyclic amines) is 1. The first-order chi connectivity index (χ1) is 7.09. The van der Waals surface area contributed by atoms with E-state index in [9.17, 15) is 4.79 Å². The fraction of sp³-hybridized carbons (Fsp3) is 0.909. The Morgan fingerprint density at radius 3 is 2.53 bits per heavy atom. The highest BCUT2D eigenvalue weighted by atomic mass is 32.1. The Balaban J connectivity index is 2.12. The van der Waals surface area contributed by atoms with Gasteiger partial charge in [-0.2, -0.15) is 12.6 Å². The molecule has 4 heteroatoms. The molecule has 0 aromatic rings. The van der Waals surface area contributed by atoms with E-state index in [1.54, 1.807) is 6.92 Å². The van der Waals surface area contributed by atoms with Gasteiger partial charge in [0.2, 0.25) is 5.91 Å². The van der Waals surface area contributed by atoms with Crippen LogP contribution in [0.25, 0.3) is 0 Å². The van der Waals surface area contributed by atoms with Gasteiger partial charge < -0.3 is 10.2 Å². The van der Waals surface area contributed by atoms with Crippen molar-refractivity contribution in [1.82, 2.24) is 10.2 Å². The summed E-state index contributed by atoms with van der Waals surface area (Å²) in [7, 11) is 0. The molecule has 88 valence electrons. The van der Waals surface area contributed by atoms with E-state index < -0.39 is 0 Å². The zero-order chi connectivity index (χ0) is 11.3. The highest BCUT2D eigenvalue weighted by Gasteiger charge is 2.15. The van der Waals surface area contributed by atoms with Gasteiger partial charge in [0, 0.05) is 13.1 Å². The molecule has 0 aromatic carbocycles. The number of hydrogen-bond acceptors (Lipinski definition) is 3. The summed E-state index contributed by atoms with van der Waals surface area (Å²) in [4.78, 5) is 13.8. The van der Waals surface area contributed by atoms with E-state index in [1.165, 1.54) is 25.9 Å². The fourth-order valence-electron chi connectivity index (χ4n) is 1.89. The van der Waals surface area contributed by atoms with Crippen LogP contribution in [0.5, 0.6) is 0 Å². The second kappa shape index (κ2) is 6.38. The van der Waals surface area contributed by atoms with E-state index in [0.717, 1.165) is 13.1 Å². The van der Waals surface area contributed by atoms with Crippen molar-refractivity contribution in [1.29, 1.82) is 0 Å². The molecule has 3 nitrogen and oxygen atoms in total. The average molecular weight is 230 g/mol. The predicted molar refractivity (Wildman–Crippen MR) is 66.3 cm³/mol. The maximum absolute atomic E-state index is 11.3. The van der Waals surface area contributed by atoms with E-state index in [4.69, 9.17) is 0 Å². The molecule has 1 fully saturated rings. The standard InChI is InChI=1S/C11H22N2OS/c1-9(7-12-11(14)10(2)15)8-13-5-3-4-6-13/h9-10,15H,3-8H2,1-2H3,(H,12,14). The van der Waals surface area contributed by atoms with Gasteiger partial charge in [0.25, 0.3) is 0 Å². The Morgan fingerprint density at radius 1 is 1.40 bits per heavy atom. The number of carbonyl (C=O) groups is 1. The van der Waals surface area contributed by atoms with Crippen molar-refractivity contribution in [2.45, 2.75) is 31.9 Å². The topological polar surface area (TPSA) is 32.3 Å². The van der Waals surface area contributed by atoms with Crippen LogP contribution in [0, 0.1) is 5.92 Å². The van der Waals surface area contributed by atoms with Gasteiger partial charge in [0.1, 0.15) is 0 Å². The van der Waals surface area contributed by atoms with Crippen molar-refractivity contribution in [3.63, 3.8) is 0 Å². The molecule has 0 aromatic heterocycles. The molecular weight excluding hydrogens is 208 g/mol. The number of hydrogen-bond donors (Lipinski definition) is 2. The largest absolute Gasteiger partial charge is 0.355 e. The third kappa shape index (κ3) is 4.89. The Kier molecular flexibility index (Phi) is 5.47. The molecule has 0 radical (unpaired) electrons. The summed E-state index contributed by atoms with van der Waals surface area (Å²) in [6, 6.07) is 0. The summed E-state index contributed by atoms with van der Waals surface area (Å²) in [5.41, 5.74) is 0. The highest BCUT2D eigenvalue weighted by molar-refractivity contribution is 7.81. The molecule has 0 spiro atoms. The summed E-state index contributed by atoms with van der Waals surface area (Å²) < 4.78 is 0. The van der Waals surface area contributed by atoms with E-state index >= 15 is 0 Å². The normalized spacial score (nSPS) is 21.3. The van der Waals surface area contributed by atoms with Crippen molar-refractivity contribution in [2.75, 3.05) is 26.2 Å². The van der Waals surface area contributed by atoms with Crippen molar-refractivity contribution in [2.24, 2.45) is 5.92 Å². The van der Waals surface area contributed by atoms with Gasteiger partial charge in [-0.05, 0) is 38.8 Å². The zero-order valence-corrected chi connectivity index (χ0v) is 10.6. The van der Waals surface area contributed by atoms with Crippen molar-refractivity contribution in [3.8, 4) is 0 Å². The molecule has 1 saturated heterocycles. The Bertz CT molecular complexity index is 203. The molecule has 15 heavy (non-hydrogen) atoms. The molecule has 0 aliphatic carbocycles. The van der Waals surface area contributed by atoms with Gasteiger partial charge in [-0.15, -0.1) is 0 Å². The van der Waals surface area contributed by atoms with Crippen LogP contribution >= 0.6 is 12.6 Å². The van der Waals surface area contributed by atoms with Gasteiger partial charge in [-0.3, -0.25) is 4.79 Å². The summed E-state index contributed by atoms with van der Waals surface area (Å²) in [5.74, 6) is 0.561. The number of amides is 1. The molecule has 1 amide bonds. The number of thiol groups is 1. The van der Waals surface area contributed by atoms with Crippen molar-refractivity contribution >= 4 is 18.5 Å². The zero-order valence-electron chi connectivity index (χ0n) is 9.70. The molecule has 1 N–H and O–H groups in total. The van der Waals surface area contributed by atoms with Gasteiger partial charge in [-0.25, -0.2) is 0 Å². The first-order valence-corrected chi connectivity index (χ1v) is 6.29. The lowest BCUT2D eigenvalue weighted by Crippen LogP contribution is -2.37. The number of carbonyl (C=O) groups excluding carboxylic acids is 1. The first kappa shape index (κ1) is 12.8. The SMILES string of the molecule is CC(CNC(=O)C(C)S)CN1CCCC1. The van der Waals surface area contributed by atoms with E-state index in [-0.39, 0.29) is 11.2 Å². The Labute approximate surface area is 98.0 Å². The summed E-state index contributed by atoms with van der Waals surface area (Å²) in [5, 5.41) is 2.71. The second-order valence-corrected chi connectivity index (χ2v) is 5.31. The van der Waals surface area contributed by atoms with E-state index in [1.807, 2.05) is 0 Å². The molecule has 0 bridgehead atoms. The quantitative estimate of drug-likeness (QED) is 0.695. The predicted octanol–water partition coefficient (Wildman–Crippen LogP) is 1.15. The van der Waals surface area contributed by atoms with Crippen LogP contribution in [-0.2, 0) is 4.79 Å². The number of nitrogens with zero attached hydrogens (tertiary/aromatic N) is 1. The molecule has 2 unspecified atom stereocenters. The van der Waals surface area contributed by atoms with Gasteiger partial charge in [0.15, 0.2) is 0 Å². The molecule has 0 saturated carbocycles. The first-order valence-electron chi connectivity index (χ1n) is 5.77. The minimum absolute atomic E-state index is 0.0339. The van der Waals surface area contributed by atoms with Gasteiger partial charge in [0.05, 0.1) is 5.25 Å². The summed E-state index contributed by atoms with van der Waals surface area (Å²) in [6.45, 7) is 8.29. The van der Waals surface area contributed by atoms with Crippen molar-refractivity contribution in [3.05, 3.63) is 0 Å². The number of rotatable bonds is 5. The molecule has 1 heterocycles. The fourth-order valence-corrected chi connectivity index (χ4v) is 1.98. The summed E-state index contributed by atoms with van der Waals surface area (Å²) in [6.07, 6.45) is 2.65. The Hall–Kier alpha value is -0.220. The smallest absolute Gasteiger partial charge is 0.232 e. The second-order valence-electron chi connectivity index (χ2n) is 4.53. The lowest BCUT2D eigenvalue weighted by atomic mass is 10.1. The third-order valence-corrected chi connectivity index (χ3v) is 3.01. The monoisotopic (exact) mass is 230 g/mol. The molecule has 1 aliphatic rings. The van der Waals surface area contributed by atoms with Crippen molar-refractivity contribution < 1.29 is 4.79 Å². The van der Waals surface area contributed by atoms with Crippen LogP contribution in [0.4, 0.5) is 0 Å². The average Bonchev–Trinajstić information content (AvgIpc) is 2.66. The van der Waals surface area contributed by atoms with Crippen LogP contribution in [0.3, 0.4) is 0 Å². The van der Waals surface area contributed by atoms with E-state index in [2.05, 4.69) is 29.8 Å². The third-order valence-electron chi connectivity index (χ3n) is 2.77. The lowest BCUT2D eigenvalue weighted by Gasteiger charge is -2.20. The molecular formula is C11H22N2OS. The summed E-state index contributed by atoms with van der Waals surface area (Å²) >= 11 is 4.09. The molecule has 1 aliphatic heterocycles.